The quantitative estimate of drug-likeness (QED) is 0.415. The molecule has 0 fully saturated rings. The third kappa shape index (κ3) is 4.06. The number of amides is 1. The molecule has 0 unspecified atom stereocenters. The lowest BCUT2D eigenvalue weighted by Crippen LogP contribution is -2.21. The molecule has 1 amide bonds. The molecule has 8 heteroatoms. The number of halogens is 1. The maximum atomic E-state index is 13.7. The van der Waals surface area contributed by atoms with Crippen molar-refractivity contribution in [3.8, 4) is 28.4 Å². The fourth-order valence-corrected chi connectivity index (χ4v) is 4.04. The highest BCUT2D eigenvalue weighted by molar-refractivity contribution is 6.30. The van der Waals surface area contributed by atoms with Crippen molar-refractivity contribution in [3.63, 3.8) is 0 Å². The Kier molecular flexibility index (Phi) is 6.47. The first-order valence-corrected chi connectivity index (χ1v) is 10.8. The van der Waals surface area contributed by atoms with Crippen molar-refractivity contribution in [3.05, 3.63) is 81.5 Å². The monoisotopic (exact) mass is 478 g/mol. The lowest BCUT2D eigenvalue weighted by Gasteiger charge is -2.20. The Morgan fingerprint density at radius 1 is 0.912 bits per heavy atom. The molecule has 0 aliphatic rings. The molecule has 1 N–H and O–H groups in total. The molecule has 1 aromatic heterocycles. The molecule has 0 aliphatic heterocycles. The summed E-state index contributed by atoms with van der Waals surface area (Å²) in [5, 5.41) is 3.95. The number of pyridine rings is 1. The van der Waals surface area contributed by atoms with Gasteiger partial charge in [-0.3, -0.25) is 9.59 Å². The molecule has 4 aromatic rings. The highest BCUT2D eigenvalue weighted by Crippen LogP contribution is 2.42. The second-order valence-electron chi connectivity index (χ2n) is 7.50. The van der Waals surface area contributed by atoms with Crippen LogP contribution in [0.15, 0.2) is 65.5 Å². The number of fused-ring (bicyclic) bond motifs is 1. The number of nitrogens with zero attached hydrogens (tertiary/aromatic N) is 1. The minimum atomic E-state index is -0.379. The van der Waals surface area contributed by atoms with Crippen LogP contribution in [0.2, 0.25) is 5.02 Å². The Bertz CT molecular complexity index is 1420. The number of para-hydroxylation sites is 1. The number of nitrogens with one attached hydrogen (secondary N) is 1. The van der Waals surface area contributed by atoms with E-state index in [-0.39, 0.29) is 11.3 Å². The number of hydrogen-bond donors (Lipinski definition) is 1. The molecule has 0 radical (unpaired) electrons. The van der Waals surface area contributed by atoms with Crippen LogP contribution in [0.1, 0.15) is 10.4 Å². The van der Waals surface area contributed by atoms with E-state index in [1.807, 2.05) is 12.1 Å². The smallest absolute Gasteiger partial charge is 0.256 e. The van der Waals surface area contributed by atoms with Gasteiger partial charge in [-0.15, -0.1) is 0 Å². The number of carbonyl (C=O) groups excluding carboxylic acids is 1. The summed E-state index contributed by atoms with van der Waals surface area (Å²) < 4.78 is 18.2. The van der Waals surface area contributed by atoms with E-state index >= 15 is 0 Å². The van der Waals surface area contributed by atoms with Crippen molar-refractivity contribution in [1.82, 2.24) is 4.57 Å². The molecule has 4 rings (SSSR count). The number of aromatic nitrogens is 1. The van der Waals surface area contributed by atoms with Gasteiger partial charge in [0.25, 0.3) is 5.91 Å². The van der Waals surface area contributed by atoms with E-state index in [0.29, 0.717) is 55.7 Å². The van der Waals surface area contributed by atoms with Crippen LogP contribution in [0.25, 0.3) is 22.0 Å². The summed E-state index contributed by atoms with van der Waals surface area (Å²) in [4.78, 5) is 26.8. The van der Waals surface area contributed by atoms with Gasteiger partial charge in [0.05, 0.1) is 32.4 Å². The van der Waals surface area contributed by atoms with Gasteiger partial charge in [0.15, 0.2) is 16.9 Å². The maximum Gasteiger partial charge on any atom is 0.256 e. The zero-order chi connectivity index (χ0) is 24.4. The maximum absolute atomic E-state index is 13.7. The molecule has 0 bridgehead atoms. The number of rotatable bonds is 6. The largest absolute Gasteiger partial charge is 0.493 e. The predicted octanol–water partition coefficient (Wildman–Crippen LogP) is 5.14. The number of aryl methyl sites for hydroxylation is 1. The highest BCUT2D eigenvalue weighted by Gasteiger charge is 2.22. The fourth-order valence-electron chi connectivity index (χ4n) is 3.91. The van der Waals surface area contributed by atoms with Gasteiger partial charge in [0, 0.05) is 23.0 Å². The average molecular weight is 479 g/mol. The number of methoxy groups -OCH3 is 3. The van der Waals surface area contributed by atoms with Crippen LogP contribution >= 0.6 is 11.6 Å². The van der Waals surface area contributed by atoms with Crippen LogP contribution in [-0.4, -0.2) is 31.8 Å². The third-order valence-electron chi connectivity index (χ3n) is 5.60. The minimum absolute atomic E-state index is 0.241. The molecule has 0 aliphatic carbocycles. The molecule has 0 spiro atoms. The summed E-state index contributed by atoms with van der Waals surface area (Å²) in [6.07, 6.45) is 0. The summed E-state index contributed by atoms with van der Waals surface area (Å²) in [7, 11) is 6.30. The van der Waals surface area contributed by atoms with Crippen molar-refractivity contribution < 1.29 is 19.0 Å². The topological polar surface area (TPSA) is 78.8 Å². The lowest BCUT2D eigenvalue weighted by atomic mass is 10.0. The molecule has 0 atom stereocenters. The Labute approximate surface area is 201 Å². The summed E-state index contributed by atoms with van der Waals surface area (Å²) in [5.41, 5.74) is 1.64. The van der Waals surface area contributed by atoms with Crippen LogP contribution in [0.3, 0.4) is 0 Å². The van der Waals surface area contributed by atoms with Gasteiger partial charge in [-0.25, -0.2) is 0 Å². The highest BCUT2D eigenvalue weighted by atomic mass is 35.5. The lowest BCUT2D eigenvalue weighted by molar-refractivity contribution is 0.102. The second kappa shape index (κ2) is 9.49. The van der Waals surface area contributed by atoms with Crippen molar-refractivity contribution in [2.24, 2.45) is 7.05 Å². The second-order valence-corrected chi connectivity index (χ2v) is 7.94. The first kappa shape index (κ1) is 23.2. The van der Waals surface area contributed by atoms with Gasteiger partial charge < -0.3 is 24.1 Å². The Morgan fingerprint density at radius 3 is 2.12 bits per heavy atom. The van der Waals surface area contributed by atoms with E-state index in [0.717, 1.165) is 0 Å². The van der Waals surface area contributed by atoms with Gasteiger partial charge in [-0.2, -0.15) is 0 Å². The fraction of sp³-hybridized carbons (Fsp3) is 0.154. The summed E-state index contributed by atoms with van der Waals surface area (Å²) in [6.45, 7) is 0. The standard InChI is InChI=1S/C26H23ClN2O5/c1-29-19-8-6-5-7-18(19)23(30)22(16-13-20(32-2)24(34-4)21(14-16)33-3)25(29)28-26(31)15-9-11-17(27)12-10-15/h5-14H,1-4H3,(H,28,31). The normalized spacial score (nSPS) is 10.7. The van der Waals surface area contributed by atoms with Crippen molar-refractivity contribution in [2.45, 2.75) is 0 Å². The van der Waals surface area contributed by atoms with Gasteiger partial charge in [0.1, 0.15) is 5.82 Å². The molecule has 0 saturated carbocycles. The first-order chi connectivity index (χ1) is 16.4. The van der Waals surface area contributed by atoms with Gasteiger partial charge in [-0.1, -0.05) is 23.7 Å². The third-order valence-corrected chi connectivity index (χ3v) is 5.85. The molecule has 0 saturated heterocycles. The number of benzene rings is 3. The molecule has 1 heterocycles. The van der Waals surface area contributed by atoms with E-state index in [1.54, 1.807) is 60.1 Å². The van der Waals surface area contributed by atoms with E-state index in [1.165, 1.54) is 21.3 Å². The minimum Gasteiger partial charge on any atom is -0.493 e. The molecule has 34 heavy (non-hydrogen) atoms. The molecule has 3 aromatic carbocycles. The SMILES string of the molecule is COc1cc(-c2c(NC(=O)c3ccc(Cl)cc3)n(C)c3ccccc3c2=O)cc(OC)c1OC. The first-order valence-electron chi connectivity index (χ1n) is 10.4. The van der Waals surface area contributed by atoms with Gasteiger partial charge >= 0.3 is 0 Å². The van der Waals surface area contributed by atoms with Gasteiger partial charge in [-0.05, 0) is 54.1 Å². The number of hydrogen-bond acceptors (Lipinski definition) is 5. The van der Waals surface area contributed by atoms with Crippen LogP contribution in [0.5, 0.6) is 17.2 Å². The summed E-state index contributed by atoms with van der Waals surface area (Å²) in [5.74, 6) is 1.13. The van der Waals surface area contributed by atoms with E-state index in [4.69, 9.17) is 25.8 Å². The average Bonchev–Trinajstić information content (AvgIpc) is 2.86. The van der Waals surface area contributed by atoms with E-state index in [2.05, 4.69) is 5.32 Å². The van der Waals surface area contributed by atoms with Crippen molar-refractivity contribution in [1.29, 1.82) is 0 Å². The van der Waals surface area contributed by atoms with Crippen LogP contribution in [-0.2, 0) is 7.05 Å². The number of ether oxygens (including phenoxy) is 3. The van der Waals surface area contributed by atoms with Crippen LogP contribution in [0, 0.1) is 0 Å². The Morgan fingerprint density at radius 2 is 1.53 bits per heavy atom. The zero-order valence-electron chi connectivity index (χ0n) is 19.1. The van der Waals surface area contributed by atoms with E-state index in [9.17, 15) is 9.59 Å². The Hall–Kier alpha value is -3.97. The number of carbonyl (C=O) groups is 1. The molecule has 7 nitrogen and oxygen atoms in total. The zero-order valence-corrected chi connectivity index (χ0v) is 19.9. The van der Waals surface area contributed by atoms with E-state index < -0.39 is 0 Å². The van der Waals surface area contributed by atoms with Gasteiger partial charge in [0.2, 0.25) is 5.75 Å². The van der Waals surface area contributed by atoms with Crippen molar-refractivity contribution >= 4 is 34.2 Å². The molecular weight excluding hydrogens is 456 g/mol. The van der Waals surface area contributed by atoms with Crippen molar-refractivity contribution in [2.75, 3.05) is 26.6 Å². The Balaban J connectivity index is 1.99. The summed E-state index contributed by atoms with van der Waals surface area (Å²) >= 11 is 5.96. The summed E-state index contributed by atoms with van der Waals surface area (Å²) in [6, 6.07) is 17.1. The molecular formula is C26H23ClN2O5. The van der Waals surface area contributed by atoms with Crippen LogP contribution in [0.4, 0.5) is 5.82 Å². The molecule has 174 valence electrons. The number of anilines is 1. The predicted molar refractivity (Wildman–Crippen MR) is 134 cm³/mol. The van der Waals surface area contributed by atoms with Crippen LogP contribution < -0.4 is 25.0 Å².